The summed E-state index contributed by atoms with van der Waals surface area (Å²) in [6, 6.07) is 12.0. The van der Waals surface area contributed by atoms with Crippen LogP contribution in [0.3, 0.4) is 0 Å². The van der Waals surface area contributed by atoms with Crippen LogP contribution in [0.1, 0.15) is 32.4 Å². The van der Waals surface area contributed by atoms with E-state index in [4.69, 9.17) is 4.74 Å². The van der Waals surface area contributed by atoms with E-state index in [-0.39, 0.29) is 0 Å². The van der Waals surface area contributed by atoms with Crippen LogP contribution in [0.4, 0.5) is 0 Å². The van der Waals surface area contributed by atoms with E-state index in [1.54, 1.807) is 0 Å². The van der Waals surface area contributed by atoms with Gasteiger partial charge in [0.05, 0.1) is 6.61 Å². The molecule has 2 aromatic rings. The molecule has 1 saturated heterocycles. The van der Waals surface area contributed by atoms with Crippen LogP contribution in [0.15, 0.2) is 36.4 Å². The van der Waals surface area contributed by atoms with E-state index < -0.39 is 0 Å². The monoisotopic (exact) mass is 339 g/mol. The molecule has 0 spiro atoms. The third kappa shape index (κ3) is 5.27. The number of benzene rings is 1. The number of aromatic nitrogens is 2. The number of piperidine rings is 1. The van der Waals surface area contributed by atoms with E-state index in [1.165, 1.54) is 19.5 Å². The minimum atomic E-state index is 0.673. The molecule has 1 fully saturated rings. The smallest absolute Gasteiger partial charge is 0.217 e. The Morgan fingerprint density at radius 1 is 1.08 bits per heavy atom. The van der Waals surface area contributed by atoms with E-state index in [0.717, 1.165) is 41.9 Å². The van der Waals surface area contributed by atoms with Crippen LogP contribution in [0.25, 0.3) is 11.4 Å². The second-order valence-corrected chi connectivity index (χ2v) is 7.44. The molecule has 1 aliphatic heterocycles. The maximum Gasteiger partial charge on any atom is 0.217 e. The fourth-order valence-corrected chi connectivity index (χ4v) is 3.77. The Bertz CT molecular complexity index is 664. The molecule has 1 aromatic carbocycles. The predicted molar refractivity (Wildman–Crippen MR) is 102 cm³/mol. The second-order valence-electron chi connectivity index (χ2n) is 7.44. The van der Waals surface area contributed by atoms with Gasteiger partial charge in [-0.3, -0.25) is 0 Å². The fourth-order valence-electron chi connectivity index (χ4n) is 3.77. The lowest BCUT2D eigenvalue weighted by Crippen LogP contribution is -2.39. The molecule has 4 heteroatoms. The Morgan fingerprint density at radius 3 is 2.52 bits per heavy atom. The first kappa shape index (κ1) is 17.9. The van der Waals surface area contributed by atoms with Gasteiger partial charge in [-0.2, -0.15) is 4.98 Å². The summed E-state index contributed by atoms with van der Waals surface area (Å²) < 4.78 is 5.92. The van der Waals surface area contributed by atoms with E-state index in [0.29, 0.717) is 12.5 Å². The molecule has 0 bridgehead atoms. The summed E-state index contributed by atoms with van der Waals surface area (Å²) in [5.74, 6) is 3.02. The van der Waals surface area contributed by atoms with Crippen molar-refractivity contribution in [2.24, 2.45) is 11.8 Å². The number of hydrogen-bond acceptors (Lipinski definition) is 4. The van der Waals surface area contributed by atoms with Crippen molar-refractivity contribution in [1.29, 1.82) is 0 Å². The molecule has 0 aliphatic carbocycles. The zero-order valence-electron chi connectivity index (χ0n) is 15.6. The molecule has 1 aliphatic rings. The van der Waals surface area contributed by atoms with Gasteiger partial charge in [-0.1, -0.05) is 44.2 Å². The topological polar surface area (TPSA) is 38.2 Å². The summed E-state index contributed by atoms with van der Waals surface area (Å²) >= 11 is 0. The average Bonchev–Trinajstić information content (AvgIpc) is 2.58. The molecule has 4 nitrogen and oxygen atoms in total. The molecule has 0 radical (unpaired) electrons. The van der Waals surface area contributed by atoms with Gasteiger partial charge in [-0.05, 0) is 31.6 Å². The molecular formula is C21H29N3O. The maximum atomic E-state index is 5.92. The summed E-state index contributed by atoms with van der Waals surface area (Å²) in [4.78, 5) is 11.7. The quantitative estimate of drug-likeness (QED) is 0.739. The number of hydrogen-bond donors (Lipinski definition) is 0. The third-order valence-corrected chi connectivity index (χ3v) is 4.68. The zero-order chi connectivity index (χ0) is 17.6. The molecular weight excluding hydrogens is 310 g/mol. The third-order valence-electron chi connectivity index (χ3n) is 4.68. The molecule has 2 atom stereocenters. The van der Waals surface area contributed by atoms with Gasteiger partial charge < -0.3 is 9.64 Å². The van der Waals surface area contributed by atoms with Crippen molar-refractivity contribution >= 4 is 0 Å². The lowest BCUT2D eigenvalue weighted by molar-refractivity contribution is 0.132. The van der Waals surface area contributed by atoms with Crippen LogP contribution in [0.2, 0.25) is 0 Å². The van der Waals surface area contributed by atoms with E-state index in [2.05, 4.69) is 28.7 Å². The maximum absolute atomic E-state index is 5.92. The highest BCUT2D eigenvalue weighted by Gasteiger charge is 2.21. The number of aryl methyl sites for hydroxylation is 1. The van der Waals surface area contributed by atoms with Crippen molar-refractivity contribution in [2.45, 2.75) is 33.6 Å². The molecule has 0 saturated carbocycles. The van der Waals surface area contributed by atoms with Crippen molar-refractivity contribution in [3.05, 3.63) is 42.1 Å². The standard InChI is InChI=1S/C21H29N3O/c1-16-12-17(2)15-24(14-16)10-7-11-25-20-13-18(3)22-21(23-20)19-8-5-4-6-9-19/h4-6,8-9,13,16-17H,7,10-12,14-15H2,1-3H3. The lowest BCUT2D eigenvalue weighted by Gasteiger charge is -2.34. The zero-order valence-corrected chi connectivity index (χ0v) is 15.6. The normalized spacial score (nSPS) is 21.2. The molecule has 25 heavy (non-hydrogen) atoms. The van der Waals surface area contributed by atoms with Crippen LogP contribution in [0, 0.1) is 18.8 Å². The predicted octanol–water partition coefficient (Wildman–Crippen LogP) is 4.20. The molecule has 2 unspecified atom stereocenters. The van der Waals surface area contributed by atoms with Gasteiger partial charge in [0, 0.05) is 37.0 Å². The second kappa shape index (κ2) is 8.43. The van der Waals surface area contributed by atoms with E-state index >= 15 is 0 Å². The van der Waals surface area contributed by atoms with Crippen LogP contribution < -0.4 is 4.74 Å². The SMILES string of the molecule is Cc1cc(OCCCN2CC(C)CC(C)C2)nc(-c2ccccc2)n1. The Hall–Kier alpha value is -1.94. The highest BCUT2D eigenvalue weighted by atomic mass is 16.5. The Labute approximate surface area is 151 Å². The van der Waals surface area contributed by atoms with E-state index in [1.807, 2.05) is 43.3 Å². The molecule has 0 amide bonds. The summed E-state index contributed by atoms with van der Waals surface area (Å²) in [6.07, 6.45) is 2.39. The first-order chi connectivity index (χ1) is 12.1. The lowest BCUT2D eigenvalue weighted by atomic mass is 9.92. The summed E-state index contributed by atoms with van der Waals surface area (Å²) in [5, 5.41) is 0. The van der Waals surface area contributed by atoms with Crippen molar-refractivity contribution in [1.82, 2.24) is 14.9 Å². The largest absolute Gasteiger partial charge is 0.478 e. The van der Waals surface area contributed by atoms with Gasteiger partial charge >= 0.3 is 0 Å². The Balaban J connectivity index is 1.52. The molecule has 3 rings (SSSR count). The number of ether oxygens (including phenoxy) is 1. The van der Waals surface area contributed by atoms with Crippen molar-refractivity contribution in [2.75, 3.05) is 26.2 Å². The van der Waals surface area contributed by atoms with Crippen LogP contribution in [-0.2, 0) is 0 Å². The first-order valence-corrected chi connectivity index (χ1v) is 9.36. The number of likely N-dealkylation sites (tertiary alicyclic amines) is 1. The highest BCUT2D eigenvalue weighted by Crippen LogP contribution is 2.21. The van der Waals surface area contributed by atoms with Crippen LogP contribution in [0.5, 0.6) is 5.88 Å². The van der Waals surface area contributed by atoms with Gasteiger partial charge in [0.2, 0.25) is 5.88 Å². The summed E-state index contributed by atoms with van der Waals surface area (Å²) in [6.45, 7) is 10.9. The first-order valence-electron chi connectivity index (χ1n) is 9.36. The van der Waals surface area contributed by atoms with Crippen LogP contribution in [-0.4, -0.2) is 41.1 Å². The Kier molecular flexibility index (Phi) is 6.03. The fraction of sp³-hybridized carbons (Fsp3) is 0.524. The molecule has 2 heterocycles. The average molecular weight is 339 g/mol. The van der Waals surface area contributed by atoms with Gasteiger partial charge in [-0.15, -0.1) is 0 Å². The number of nitrogens with zero attached hydrogens (tertiary/aromatic N) is 3. The van der Waals surface area contributed by atoms with Gasteiger partial charge in [0.1, 0.15) is 0 Å². The Morgan fingerprint density at radius 2 is 1.80 bits per heavy atom. The van der Waals surface area contributed by atoms with Gasteiger partial charge in [0.25, 0.3) is 0 Å². The minimum Gasteiger partial charge on any atom is -0.478 e. The van der Waals surface area contributed by atoms with Crippen molar-refractivity contribution in [3.8, 4) is 17.3 Å². The molecule has 1 aromatic heterocycles. The van der Waals surface area contributed by atoms with Crippen molar-refractivity contribution in [3.63, 3.8) is 0 Å². The van der Waals surface area contributed by atoms with Crippen LogP contribution >= 0.6 is 0 Å². The van der Waals surface area contributed by atoms with Gasteiger partial charge in [-0.25, -0.2) is 4.98 Å². The molecule has 134 valence electrons. The molecule has 0 N–H and O–H groups in total. The summed E-state index contributed by atoms with van der Waals surface area (Å²) in [7, 11) is 0. The van der Waals surface area contributed by atoms with E-state index in [9.17, 15) is 0 Å². The summed E-state index contributed by atoms with van der Waals surface area (Å²) in [5.41, 5.74) is 1.95. The minimum absolute atomic E-state index is 0.673. The highest BCUT2D eigenvalue weighted by molar-refractivity contribution is 5.55. The number of rotatable bonds is 6. The van der Waals surface area contributed by atoms with Crippen molar-refractivity contribution < 1.29 is 4.74 Å². The van der Waals surface area contributed by atoms with Gasteiger partial charge in [0.15, 0.2) is 5.82 Å².